The highest BCUT2D eigenvalue weighted by Crippen LogP contribution is 2.44. The van der Waals surface area contributed by atoms with Gasteiger partial charge >= 0.3 is 0 Å². The zero-order valence-corrected chi connectivity index (χ0v) is 15.4. The molecule has 0 bridgehead atoms. The maximum atomic E-state index is 13.7. The van der Waals surface area contributed by atoms with Crippen molar-refractivity contribution in [1.82, 2.24) is 0 Å². The van der Waals surface area contributed by atoms with Gasteiger partial charge in [0.25, 0.3) is 0 Å². The van der Waals surface area contributed by atoms with Crippen molar-refractivity contribution in [1.29, 1.82) is 5.26 Å². The fourth-order valence-electron chi connectivity index (χ4n) is 3.59. The minimum Gasteiger partial charge on any atom is -0.457 e. The summed E-state index contributed by atoms with van der Waals surface area (Å²) >= 11 is 0. The minimum atomic E-state index is -2.36. The van der Waals surface area contributed by atoms with Crippen LogP contribution < -0.4 is 4.74 Å². The van der Waals surface area contributed by atoms with Crippen molar-refractivity contribution in [2.24, 2.45) is 0 Å². The third-order valence-corrected chi connectivity index (χ3v) is 5.96. The monoisotopic (exact) mass is 357 g/mol. The van der Waals surface area contributed by atoms with E-state index in [1.165, 1.54) is 18.2 Å². The Kier molecular flexibility index (Phi) is 4.34. The SMILES string of the molecule is C=S(C)(=O)c1c(C)cc(Oc2cc(F)cc(C#N)c2)c2c1C(C)CC2. The molecule has 0 radical (unpaired) electrons. The number of halogens is 1. The van der Waals surface area contributed by atoms with E-state index < -0.39 is 15.3 Å². The Bertz CT molecular complexity index is 1000. The molecule has 2 atom stereocenters. The van der Waals surface area contributed by atoms with Crippen LogP contribution in [0.1, 0.15) is 41.5 Å². The highest BCUT2D eigenvalue weighted by molar-refractivity contribution is 7.99. The number of benzene rings is 2. The maximum absolute atomic E-state index is 13.7. The summed E-state index contributed by atoms with van der Waals surface area (Å²) in [6.07, 6.45) is 3.42. The van der Waals surface area contributed by atoms with E-state index in [0.29, 0.717) is 5.75 Å². The molecule has 25 heavy (non-hydrogen) atoms. The lowest BCUT2D eigenvalue weighted by atomic mass is 10.00. The van der Waals surface area contributed by atoms with E-state index >= 15 is 0 Å². The minimum absolute atomic E-state index is 0.211. The normalized spacial score (nSPS) is 18.3. The largest absolute Gasteiger partial charge is 0.457 e. The summed E-state index contributed by atoms with van der Waals surface area (Å²) in [5.41, 5.74) is 3.13. The smallest absolute Gasteiger partial charge is 0.131 e. The second-order valence-corrected chi connectivity index (χ2v) is 9.17. The van der Waals surface area contributed by atoms with E-state index in [4.69, 9.17) is 10.00 Å². The molecule has 130 valence electrons. The molecule has 0 aliphatic heterocycles. The average Bonchev–Trinajstić information content (AvgIpc) is 2.87. The lowest BCUT2D eigenvalue weighted by molar-refractivity contribution is 0.470. The third kappa shape index (κ3) is 3.27. The second-order valence-electron chi connectivity index (χ2n) is 6.75. The van der Waals surface area contributed by atoms with Gasteiger partial charge in [-0.3, -0.25) is 4.21 Å². The van der Waals surface area contributed by atoms with Crippen LogP contribution >= 0.6 is 0 Å². The van der Waals surface area contributed by atoms with Crippen molar-refractivity contribution >= 4 is 15.4 Å². The van der Waals surface area contributed by atoms with E-state index in [1.807, 2.05) is 19.1 Å². The zero-order valence-electron chi connectivity index (χ0n) is 14.6. The van der Waals surface area contributed by atoms with Crippen molar-refractivity contribution in [3.8, 4) is 17.6 Å². The Hall–Kier alpha value is -2.32. The topological polar surface area (TPSA) is 50.1 Å². The van der Waals surface area contributed by atoms with Gasteiger partial charge in [0.15, 0.2) is 0 Å². The number of aryl methyl sites for hydroxylation is 1. The number of nitrogens with zero attached hydrogens (tertiary/aromatic N) is 1. The van der Waals surface area contributed by atoms with Crippen LogP contribution in [0.25, 0.3) is 0 Å². The second kappa shape index (κ2) is 6.20. The van der Waals surface area contributed by atoms with Crippen LogP contribution in [0.4, 0.5) is 4.39 Å². The Morgan fingerprint density at radius 1 is 1.36 bits per heavy atom. The average molecular weight is 357 g/mol. The van der Waals surface area contributed by atoms with Gasteiger partial charge in [0.2, 0.25) is 0 Å². The van der Waals surface area contributed by atoms with Gasteiger partial charge in [-0.05, 0) is 76.0 Å². The lowest BCUT2D eigenvalue weighted by Gasteiger charge is -2.19. The molecule has 0 fully saturated rings. The molecule has 0 saturated carbocycles. The summed E-state index contributed by atoms with van der Waals surface area (Å²) in [7, 11) is -2.36. The van der Waals surface area contributed by atoms with Crippen LogP contribution in [0.3, 0.4) is 0 Å². The van der Waals surface area contributed by atoms with Crippen LogP contribution in [0, 0.1) is 24.1 Å². The number of hydrogen-bond acceptors (Lipinski definition) is 3. The van der Waals surface area contributed by atoms with E-state index in [1.54, 1.807) is 6.26 Å². The van der Waals surface area contributed by atoms with Crippen LogP contribution in [0.15, 0.2) is 29.2 Å². The van der Waals surface area contributed by atoms with Crippen LogP contribution in [0.5, 0.6) is 11.5 Å². The van der Waals surface area contributed by atoms with Gasteiger partial charge < -0.3 is 4.74 Å². The molecule has 0 spiro atoms. The fraction of sp³-hybridized carbons (Fsp3) is 0.300. The van der Waals surface area contributed by atoms with Crippen molar-refractivity contribution < 1.29 is 13.3 Å². The quantitative estimate of drug-likeness (QED) is 0.757. The van der Waals surface area contributed by atoms with Gasteiger partial charge in [0.1, 0.15) is 17.3 Å². The van der Waals surface area contributed by atoms with Crippen LogP contribution in [-0.2, 0) is 15.9 Å². The number of hydrogen-bond donors (Lipinski definition) is 0. The molecule has 0 heterocycles. The number of rotatable bonds is 3. The molecule has 1 aliphatic rings. The van der Waals surface area contributed by atoms with Crippen LogP contribution in [0.2, 0.25) is 0 Å². The predicted octanol–water partition coefficient (Wildman–Crippen LogP) is 4.55. The fourth-order valence-corrected chi connectivity index (χ4v) is 5.12. The van der Waals surface area contributed by atoms with Crippen molar-refractivity contribution in [3.63, 3.8) is 0 Å². The third-order valence-electron chi connectivity index (χ3n) is 4.55. The summed E-state index contributed by atoms with van der Waals surface area (Å²) in [5, 5.41) is 9.00. The number of ether oxygens (including phenoxy) is 1. The summed E-state index contributed by atoms with van der Waals surface area (Å²) in [5.74, 6) is 4.55. The molecular weight excluding hydrogens is 337 g/mol. The molecule has 2 aromatic rings. The van der Waals surface area contributed by atoms with Gasteiger partial charge in [-0.25, -0.2) is 4.39 Å². The maximum Gasteiger partial charge on any atom is 0.131 e. The molecule has 3 rings (SSSR count). The van der Waals surface area contributed by atoms with E-state index in [9.17, 15) is 8.60 Å². The molecule has 2 aromatic carbocycles. The molecule has 0 N–H and O–H groups in total. The summed E-state index contributed by atoms with van der Waals surface area (Å²) in [4.78, 5) is 0.816. The molecule has 0 saturated heterocycles. The van der Waals surface area contributed by atoms with Gasteiger partial charge in [-0.2, -0.15) is 5.26 Å². The first-order valence-corrected chi connectivity index (χ1v) is 10.2. The Morgan fingerprint density at radius 3 is 2.72 bits per heavy atom. The first-order chi connectivity index (χ1) is 11.7. The van der Waals surface area contributed by atoms with E-state index in [-0.39, 0.29) is 17.2 Å². The standard InChI is InChI=1S/C20H20FNO2S/c1-12-5-6-17-18(7-13(2)20(19(12)17)25(3,4)23)24-16-9-14(11-22)8-15(21)10-16/h7-10,12H,3,5-6H2,1-2,4H3. The Balaban J connectivity index is 2.16. The zero-order chi connectivity index (χ0) is 18.4. The molecule has 0 aromatic heterocycles. The van der Waals surface area contributed by atoms with Crippen molar-refractivity contribution in [3.05, 3.63) is 52.3 Å². The van der Waals surface area contributed by atoms with Gasteiger partial charge in [-0.1, -0.05) is 6.92 Å². The summed E-state index contributed by atoms with van der Waals surface area (Å²) in [6.45, 7) is 4.01. The van der Waals surface area contributed by atoms with E-state index in [0.717, 1.165) is 34.4 Å². The predicted molar refractivity (Wildman–Crippen MR) is 98.6 cm³/mol. The molecule has 3 nitrogen and oxygen atoms in total. The van der Waals surface area contributed by atoms with E-state index in [2.05, 4.69) is 12.8 Å². The van der Waals surface area contributed by atoms with Crippen molar-refractivity contribution in [2.45, 2.75) is 37.5 Å². The first kappa shape index (κ1) is 17.5. The summed E-state index contributed by atoms with van der Waals surface area (Å²) in [6, 6.07) is 7.72. The van der Waals surface area contributed by atoms with Gasteiger partial charge in [0, 0.05) is 17.2 Å². The Labute approximate surface area is 148 Å². The first-order valence-electron chi connectivity index (χ1n) is 8.08. The van der Waals surface area contributed by atoms with Gasteiger partial charge in [0.05, 0.1) is 11.6 Å². The molecular formula is C20H20FNO2S. The molecule has 1 aliphatic carbocycles. The number of fused-ring (bicyclic) bond motifs is 1. The lowest BCUT2D eigenvalue weighted by Crippen LogP contribution is -2.07. The number of nitriles is 1. The molecule has 2 unspecified atom stereocenters. The highest BCUT2D eigenvalue weighted by Gasteiger charge is 2.29. The van der Waals surface area contributed by atoms with Gasteiger partial charge in [-0.15, -0.1) is 0 Å². The van der Waals surface area contributed by atoms with Crippen molar-refractivity contribution in [2.75, 3.05) is 6.26 Å². The molecule has 5 heteroatoms. The molecule has 0 amide bonds. The highest BCUT2D eigenvalue weighted by atomic mass is 32.2. The summed E-state index contributed by atoms with van der Waals surface area (Å²) < 4.78 is 32.3. The Morgan fingerprint density at radius 2 is 2.08 bits per heavy atom. The van der Waals surface area contributed by atoms with Crippen LogP contribution in [-0.4, -0.2) is 16.3 Å².